The van der Waals surface area contributed by atoms with E-state index in [9.17, 15) is 5.11 Å². The number of rotatable bonds is 4. The zero-order valence-corrected chi connectivity index (χ0v) is 9.12. The predicted molar refractivity (Wildman–Crippen MR) is 53.9 cm³/mol. The van der Waals surface area contributed by atoms with Crippen LogP contribution in [0.1, 0.15) is 39.5 Å². The van der Waals surface area contributed by atoms with Crippen molar-refractivity contribution < 1.29 is 9.84 Å². The van der Waals surface area contributed by atoms with Gasteiger partial charge in [0.2, 0.25) is 0 Å². The maximum absolute atomic E-state index is 10.1. The topological polar surface area (TPSA) is 29.5 Å². The molecule has 3 aliphatic rings. The third-order valence-corrected chi connectivity index (χ3v) is 4.66. The van der Waals surface area contributed by atoms with Gasteiger partial charge in [-0.15, -0.1) is 0 Å². The minimum atomic E-state index is -0.192. The average Bonchev–Trinajstić information content (AvgIpc) is 2.95. The molecule has 0 bridgehead atoms. The second-order valence-corrected chi connectivity index (χ2v) is 5.74. The zero-order valence-electron chi connectivity index (χ0n) is 9.12. The van der Waals surface area contributed by atoms with Crippen LogP contribution in [0.15, 0.2) is 0 Å². The van der Waals surface area contributed by atoms with Gasteiger partial charge in [-0.25, -0.2) is 0 Å². The van der Waals surface area contributed by atoms with Crippen LogP contribution >= 0.6 is 0 Å². The first-order chi connectivity index (χ1) is 6.62. The first-order valence-corrected chi connectivity index (χ1v) is 5.92. The Morgan fingerprint density at radius 3 is 2.07 bits per heavy atom. The molecule has 80 valence electrons. The Morgan fingerprint density at radius 1 is 1.21 bits per heavy atom. The Morgan fingerprint density at radius 2 is 1.71 bits per heavy atom. The molecule has 3 aliphatic carbocycles. The largest absolute Gasteiger partial charge is 0.390 e. The zero-order chi connectivity index (χ0) is 9.97. The lowest BCUT2D eigenvalue weighted by Crippen LogP contribution is -2.22. The number of aliphatic hydroxyl groups excluding tert-OH is 1. The monoisotopic (exact) mass is 196 g/mol. The standard InChI is InChI=1S/C12H20O2/c1-8(2)14-7-9(13)10-11(3-4-11)12(10)5-6-12/h8-10,13H,3-7H2,1-2H3. The molecule has 0 saturated heterocycles. The molecule has 0 radical (unpaired) electrons. The van der Waals surface area contributed by atoms with Gasteiger partial charge in [0.15, 0.2) is 0 Å². The van der Waals surface area contributed by atoms with Gasteiger partial charge in [0.05, 0.1) is 18.8 Å². The van der Waals surface area contributed by atoms with Gasteiger partial charge >= 0.3 is 0 Å². The average molecular weight is 196 g/mol. The van der Waals surface area contributed by atoms with Crippen LogP contribution in [-0.4, -0.2) is 23.9 Å². The Bertz CT molecular complexity index is 233. The van der Waals surface area contributed by atoms with Crippen LogP contribution in [0.2, 0.25) is 0 Å². The molecule has 3 rings (SSSR count). The van der Waals surface area contributed by atoms with E-state index < -0.39 is 0 Å². The van der Waals surface area contributed by atoms with Crippen LogP contribution in [0.25, 0.3) is 0 Å². The number of hydrogen-bond acceptors (Lipinski definition) is 2. The molecule has 2 nitrogen and oxygen atoms in total. The fourth-order valence-electron chi connectivity index (χ4n) is 3.79. The van der Waals surface area contributed by atoms with Gasteiger partial charge in [0, 0.05) is 0 Å². The van der Waals surface area contributed by atoms with Crippen molar-refractivity contribution in [1.29, 1.82) is 0 Å². The summed E-state index contributed by atoms with van der Waals surface area (Å²) in [7, 11) is 0. The molecule has 0 heterocycles. The predicted octanol–water partition coefficient (Wildman–Crippen LogP) is 1.96. The van der Waals surface area contributed by atoms with Crippen LogP contribution in [0.3, 0.4) is 0 Å². The van der Waals surface area contributed by atoms with E-state index in [1.54, 1.807) is 0 Å². The van der Waals surface area contributed by atoms with Crippen LogP contribution in [-0.2, 0) is 4.74 Å². The van der Waals surface area contributed by atoms with E-state index in [4.69, 9.17) is 4.74 Å². The highest BCUT2D eigenvalue weighted by atomic mass is 16.5. The fourth-order valence-corrected chi connectivity index (χ4v) is 3.79. The summed E-state index contributed by atoms with van der Waals surface area (Å²) >= 11 is 0. The van der Waals surface area contributed by atoms with Crippen molar-refractivity contribution in [2.24, 2.45) is 16.7 Å². The highest BCUT2D eigenvalue weighted by Gasteiger charge is 2.87. The maximum atomic E-state index is 10.1. The lowest BCUT2D eigenvalue weighted by molar-refractivity contribution is -0.00803. The third-order valence-electron chi connectivity index (χ3n) is 4.66. The summed E-state index contributed by atoms with van der Waals surface area (Å²) in [4.78, 5) is 0. The molecule has 0 amide bonds. The molecule has 2 spiro atoms. The normalized spacial score (nSPS) is 36.4. The molecule has 2 heteroatoms. The van der Waals surface area contributed by atoms with E-state index in [1.165, 1.54) is 25.7 Å². The highest BCUT2D eigenvalue weighted by Crippen LogP contribution is 2.93. The molecule has 1 atom stereocenters. The highest BCUT2D eigenvalue weighted by molar-refractivity contribution is 5.35. The van der Waals surface area contributed by atoms with Crippen molar-refractivity contribution in [1.82, 2.24) is 0 Å². The first kappa shape index (κ1) is 9.17. The molecule has 14 heavy (non-hydrogen) atoms. The van der Waals surface area contributed by atoms with E-state index >= 15 is 0 Å². The van der Waals surface area contributed by atoms with E-state index in [0.717, 1.165) is 0 Å². The van der Waals surface area contributed by atoms with Gasteiger partial charge in [-0.05, 0) is 56.3 Å². The van der Waals surface area contributed by atoms with Crippen molar-refractivity contribution in [3.8, 4) is 0 Å². The Hall–Kier alpha value is -0.0800. The minimum Gasteiger partial charge on any atom is -0.390 e. The number of hydrogen-bond donors (Lipinski definition) is 1. The smallest absolute Gasteiger partial charge is 0.0812 e. The maximum Gasteiger partial charge on any atom is 0.0812 e. The summed E-state index contributed by atoms with van der Waals surface area (Å²) in [6.07, 6.45) is 5.54. The van der Waals surface area contributed by atoms with E-state index in [-0.39, 0.29) is 12.2 Å². The molecule has 0 aromatic rings. The van der Waals surface area contributed by atoms with Crippen molar-refractivity contribution in [2.45, 2.75) is 51.7 Å². The van der Waals surface area contributed by atoms with Crippen molar-refractivity contribution in [3.05, 3.63) is 0 Å². The van der Waals surface area contributed by atoms with Gasteiger partial charge in [0.25, 0.3) is 0 Å². The SMILES string of the molecule is CC(C)OCC(O)C1C2(CC2)C12CC2. The minimum absolute atomic E-state index is 0.192. The number of ether oxygens (including phenoxy) is 1. The molecule has 0 aliphatic heterocycles. The summed E-state index contributed by atoms with van der Waals surface area (Å²) < 4.78 is 5.50. The van der Waals surface area contributed by atoms with Gasteiger partial charge in [-0.2, -0.15) is 0 Å². The number of aliphatic hydroxyl groups is 1. The summed E-state index contributed by atoms with van der Waals surface area (Å²) in [5.74, 6) is 0.591. The molecular formula is C12H20O2. The summed E-state index contributed by atoms with van der Waals surface area (Å²) in [6, 6.07) is 0. The van der Waals surface area contributed by atoms with Crippen LogP contribution in [0, 0.1) is 16.7 Å². The quantitative estimate of drug-likeness (QED) is 0.745. The fraction of sp³-hybridized carbons (Fsp3) is 1.00. The van der Waals surface area contributed by atoms with Crippen molar-refractivity contribution in [2.75, 3.05) is 6.61 Å². The van der Waals surface area contributed by atoms with Gasteiger partial charge in [-0.1, -0.05) is 0 Å². The molecule has 0 aromatic heterocycles. The molecule has 1 N–H and O–H groups in total. The Labute approximate surface area is 85.6 Å². The molecule has 0 aromatic carbocycles. The van der Waals surface area contributed by atoms with Gasteiger partial charge in [0.1, 0.15) is 0 Å². The van der Waals surface area contributed by atoms with Crippen molar-refractivity contribution >= 4 is 0 Å². The van der Waals surface area contributed by atoms with Crippen molar-refractivity contribution in [3.63, 3.8) is 0 Å². The van der Waals surface area contributed by atoms with E-state index in [1.807, 2.05) is 13.8 Å². The lowest BCUT2D eigenvalue weighted by Gasteiger charge is -2.13. The first-order valence-electron chi connectivity index (χ1n) is 5.92. The molecule has 3 saturated carbocycles. The summed E-state index contributed by atoms with van der Waals surface area (Å²) in [5, 5.41) is 10.1. The molecule has 1 unspecified atom stereocenters. The second-order valence-electron chi connectivity index (χ2n) is 5.74. The summed E-state index contributed by atoms with van der Waals surface area (Å²) in [6.45, 7) is 4.60. The third kappa shape index (κ3) is 0.989. The Kier molecular flexibility index (Phi) is 1.66. The lowest BCUT2D eigenvalue weighted by atomic mass is 10.2. The van der Waals surface area contributed by atoms with Crippen LogP contribution < -0.4 is 0 Å². The van der Waals surface area contributed by atoms with Crippen LogP contribution in [0.5, 0.6) is 0 Å². The molecular weight excluding hydrogens is 176 g/mol. The van der Waals surface area contributed by atoms with E-state index in [2.05, 4.69) is 0 Å². The van der Waals surface area contributed by atoms with Gasteiger partial charge in [-0.3, -0.25) is 0 Å². The van der Waals surface area contributed by atoms with Gasteiger partial charge < -0.3 is 9.84 Å². The van der Waals surface area contributed by atoms with E-state index in [0.29, 0.717) is 23.4 Å². The molecule has 3 fully saturated rings. The van der Waals surface area contributed by atoms with Crippen LogP contribution in [0.4, 0.5) is 0 Å². The number of fused-ring (bicyclic) bond motifs is 1. The summed E-state index contributed by atoms with van der Waals surface area (Å²) in [5.41, 5.74) is 1.21. The second kappa shape index (κ2) is 2.53. The Balaban J connectivity index is 1.57.